The van der Waals surface area contributed by atoms with Crippen LogP contribution >= 0.6 is 0 Å². The number of fused-ring (bicyclic) bond motifs is 1. The zero-order valence-electron chi connectivity index (χ0n) is 21.4. The average molecular weight is 533 g/mol. The monoisotopic (exact) mass is 532 g/mol. The van der Waals surface area contributed by atoms with Crippen molar-refractivity contribution in [3.05, 3.63) is 36.0 Å². The van der Waals surface area contributed by atoms with Crippen LogP contribution in [0.1, 0.15) is 38.7 Å². The smallest absolute Gasteiger partial charge is 0.326 e. The number of aromatic nitrogens is 1. The fourth-order valence-corrected chi connectivity index (χ4v) is 3.89. The molecule has 10 N–H and O–H groups in total. The highest BCUT2D eigenvalue weighted by Gasteiger charge is 2.30. The van der Waals surface area contributed by atoms with Crippen LogP contribution in [0.25, 0.3) is 10.9 Å². The van der Waals surface area contributed by atoms with Gasteiger partial charge in [0.1, 0.15) is 18.1 Å². The number of rotatable bonds is 15. The van der Waals surface area contributed by atoms with Crippen molar-refractivity contribution in [2.75, 3.05) is 6.61 Å². The van der Waals surface area contributed by atoms with Crippen LogP contribution in [0.5, 0.6) is 0 Å². The van der Waals surface area contributed by atoms with Crippen molar-refractivity contribution in [2.24, 2.45) is 17.4 Å². The molecule has 1 aromatic heterocycles. The fraction of sp³-hybridized carbons (Fsp3) is 0.480. The number of hydrogen-bond acceptors (Lipinski definition) is 7. The summed E-state index contributed by atoms with van der Waals surface area (Å²) in [5.41, 5.74) is 12.9. The van der Waals surface area contributed by atoms with E-state index in [0.29, 0.717) is 0 Å². The highest BCUT2D eigenvalue weighted by atomic mass is 16.4. The summed E-state index contributed by atoms with van der Waals surface area (Å²) in [7, 11) is 0. The Kier molecular flexibility index (Phi) is 11.2. The number of para-hydroxylation sites is 1. The molecule has 4 atom stereocenters. The van der Waals surface area contributed by atoms with Gasteiger partial charge in [0.05, 0.1) is 12.6 Å². The molecule has 38 heavy (non-hydrogen) atoms. The third kappa shape index (κ3) is 8.85. The van der Waals surface area contributed by atoms with Crippen molar-refractivity contribution in [3.63, 3.8) is 0 Å². The van der Waals surface area contributed by atoms with Gasteiger partial charge in [-0.25, -0.2) is 4.79 Å². The summed E-state index contributed by atoms with van der Waals surface area (Å²) in [6.45, 7) is 2.84. The highest BCUT2D eigenvalue weighted by molar-refractivity contribution is 5.94. The van der Waals surface area contributed by atoms with Gasteiger partial charge >= 0.3 is 5.97 Å². The number of aromatic amines is 1. The highest BCUT2D eigenvalue weighted by Crippen LogP contribution is 2.19. The Morgan fingerprint density at radius 3 is 2.16 bits per heavy atom. The predicted octanol–water partition coefficient (Wildman–Crippen LogP) is -1.12. The number of aliphatic carboxylic acids is 1. The third-order valence-corrected chi connectivity index (χ3v) is 5.90. The van der Waals surface area contributed by atoms with Gasteiger partial charge in [-0.2, -0.15) is 0 Å². The van der Waals surface area contributed by atoms with E-state index in [9.17, 15) is 34.2 Å². The normalized spacial score (nSPS) is 14.3. The maximum absolute atomic E-state index is 13.0. The zero-order valence-corrected chi connectivity index (χ0v) is 21.4. The number of aliphatic hydroxyl groups excluding tert-OH is 1. The lowest BCUT2D eigenvalue weighted by Crippen LogP contribution is -2.58. The predicted molar refractivity (Wildman–Crippen MR) is 138 cm³/mol. The second kappa shape index (κ2) is 14.1. The summed E-state index contributed by atoms with van der Waals surface area (Å²) in [4.78, 5) is 63.9. The lowest BCUT2D eigenvalue weighted by atomic mass is 10.0. The van der Waals surface area contributed by atoms with Gasteiger partial charge < -0.3 is 42.6 Å². The first-order valence-electron chi connectivity index (χ1n) is 12.3. The third-order valence-electron chi connectivity index (χ3n) is 5.90. The molecule has 4 unspecified atom stereocenters. The van der Waals surface area contributed by atoms with Gasteiger partial charge in [0.2, 0.25) is 23.6 Å². The second-order valence-electron chi connectivity index (χ2n) is 9.51. The SMILES string of the molecule is CC(C)CC(NC(=O)C(N)Cc1c[nH]c2ccccc12)C(=O)NC(CO)C(=O)NC(CCC(N)=O)C(=O)O. The molecule has 0 bridgehead atoms. The Labute approximate surface area is 219 Å². The number of nitrogens with two attached hydrogens (primary N) is 2. The molecule has 0 fully saturated rings. The molecule has 2 rings (SSSR count). The maximum Gasteiger partial charge on any atom is 0.326 e. The van der Waals surface area contributed by atoms with Gasteiger partial charge in [0, 0.05) is 23.5 Å². The number of amides is 4. The molecule has 2 aromatic rings. The Balaban J connectivity index is 2.05. The number of benzene rings is 1. The molecule has 4 amide bonds. The molecule has 13 nitrogen and oxygen atoms in total. The van der Waals surface area contributed by atoms with E-state index in [0.717, 1.165) is 16.5 Å². The topological polar surface area (TPSA) is 230 Å². The second-order valence-corrected chi connectivity index (χ2v) is 9.51. The van der Waals surface area contributed by atoms with Crippen LogP contribution in [-0.4, -0.2) is 75.6 Å². The summed E-state index contributed by atoms with van der Waals surface area (Å²) < 4.78 is 0. The molecule has 0 saturated heterocycles. The number of aliphatic hydroxyl groups is 1. The van der Waals surface area contributed by atoms with E-state index in [4.69, 9.17) is 11.5 Å². The van der Waals surface area contributed by atoms with E-state index in [2.05, 4.69) is 20.9 Å². The van der Waals surface area contributed by atoms with Crippen LogP contribution in [-0.2, 0) is 30.4 Å². The molecule has 0 aliphatic carbocycles. The summed E-state index contributed by atoms with van der Waals surface area (Å²) >= 11 is 0. The summed E-state index contributed by atoms with van der Waals surface area (Å²) in [5, 5.41) is 27.0. The number of carboxylic acids is 1. The first kappa shape index (κ1) is 30.3. The largest absolute Gasteiger partial charge is 0.480 e. The molecule has 1 heterocycles. The van der Waals surface area contributed by atoms with Crippen molar-refractivity contribution in [3.8, 4) is 0 Å². The van der Waals surface area contributed by atoms with Crippen LogP contribution in [0.15, 0.2) is 30.5 Å². The van der Waals surface area contributed by atoms with Gasteiger partial charge in [-0.3, -0.25) is 19.2 Å². The number of carboxylic acid groups (broad SMARTS) is 1. The van der Waals surface area contributed by atoms with Crippen molar-refractivity contribution in [1.82, 2.24) is 20.9 Å². The molecule has 13 heteroatoms. The molecular formula is C25H36N6O7. The minimum Gasteiger partial charge on any atom is -0.480 e. The van der Waals surface area contributed by atoms with Crippen molar-refractivity contribution in [1.29, 1.82) is 0 Å². The van der Waals surface area contributed by atoms with E-state index >= 15 is 0 Å². The van der Waals surface area contributed by atoms with Gasteiger partial charge in [-0.05, 0) is 36.8 Å². The minimum absolute atomic E-state index is 0.0255. The van der Waals surface area contributed by atoms with Crippen molar-refractivity contribution >= 4 is 40.5 Å². The number of hydrogen-bond donors (Lipinski definition) is 8. The first-order valence-corrected chi connectivity index (χ1v) is 12.3. The van der Waals surface area contributed by atoms with Crippen LogP contribution in [0.3, 0.4) is 0 Å². The first-order chi connectivity index (χ1) is 17.9. The number of nitrogens with one attached hydrogen (secondary N) is 4. The molecular weight excluding hydrogens is 496 g/mol. The van der Waals surface area contributed by atoms with Gasteiger partial charge in [0.25, 0.3) is 0 Å². The van der Waals surface area contributed by atoms with Gasteiger partial charge in [-0.1, -0.05) is 32.0 Å². The molecule has 1 aromatic carbocycles. The quantitative estimate of drug-likeness (QED) is 0.140. The van der Waals surface area contributed by atoms with Crippen LogP contribution in [0.2, 0.25) is 0 Å². The number of primary amides is 1. The molecule has 0 aliphatic rings. The van der Waals surface area contributed by atoms with E-state index in [-0.39, 0.29) is 31.6 Å². The number of carbonyl (C=O) groups is 5. The Bertz CT molecular complexity index is 1150. The van der Waals surface area contributed by atoms with E-state index in [1.807, 2.05) is 38.1 Å². The minimum atomic E-state index is -1.50. The summed E-state index contributed by atoms with van der Waals surface area (Å²) in [6, 6.07) is 2.59. The molecule has 0 spiro atoms. The maximum atomic E-state index is 13.0. The average Bonchev–Trinajstić information content (AvgIpc) is 3.26. The van der Waals surface area contributed by atoms with E-state index in [1.54, 1.807) is 6.20 Å². The zero-order chi connectivity index (χ0) is 28.4. The Morgan fingerprint density at radius 2 is 1.55 bits per heavy atom. The fourth-order valence-electron chi connectivity index (χ4n) is 3.89. The lowest BCUT2D eigenvalue weighted by molar-refractivity contribution is -0.143. The van der Waals surface area contributed by atoms with E-state index < -0.39 is 60.4 Å². The molecule has 0 saturated carbocycles. The van der Waals surface area contributed by atoms with Gasteiger partial charge in [-0.15, -0.1) is 0 Å². The van der Waals surface area contributed by atoms with E-state index in [1.165, 1.54) is 0 Å². The van der Waals surface area contributed by atoms with Crippen LogP contribution < -0.4 is 27.4 Å². The van der Waals surface area contributed by atoms with Crippen LogP contribution in [0, 0.1) is 5.92 Å². The summed E-state index contributed by atoms with van der Waals surface area (Å²) in [6.07, 6.45) is 1.66. The summed E-state index contributed by atoms with van der Waals surface area (Å²) in [5.74, 6) is -4.46. The van der Waals surface area contributed by atoms with Gasteiger partial charge in [0.15, 0.2) is 0 Å². The standard InChI is InChI=1S/C25H36N6O7/c1-13(2)9-19(30-22(34)16(26)10-14-11-28-17-6-4-3-5-15(14)17)23(35)31-20(12-32)24(36)29-18(25(37)38)7-8-21(27)33/h3-6,11,13,16,18-20,28,32H,7-10,12,26H2,1-2H3,(H2,27,33)(H,29,36)(H,30,34)(H,31,35)(H,37,38). The Hall–Kier alpha value is -3.97. The number of H-pyrrole nitrogens is 1. The molecule has 0 radical (unpaired) electrons. The number of carbonyl (C=O) groups excluding carboxylic acids is 4. The lowest BCUT2D eigenvalue weighted by Gasteiger charge is -2.25. The van der Waals surface area contributed by atoms with Crippen molar-refractivity contribution in [2.45, 2.75) is 63.7 Å². The molecule has 0 aliphatic heterocycles. The Morgan fingerprint density at radius 1 is 0.947 bits per heavy atom. The molecule has 208 valence electrons. The van der Waals surface area contributed by atoms with Crippen LogP contribution in [0.4, 0.5) is 0 Å². The van der Waals surface area contributed by atoms with Crippen molar-refractivity contribution < 1.29 is 34.2 Å².